The number of hydrogen-bond donors (Lipinski definition) is 1. The molecule has 3 heterocycles. The first-order valence-corrected chi connectivity index (χ1v) is 10.8. The van der Waals surface area contributed by atoms with E-state index in [0.717, 1.165) is 13.1 Å². The molecule has 2 aliphatic rings. The van der Waals surface area contributed by atoms with Crippen LogP contribution in [0.4, 0.5) is 0 Å². The van der Waals surface area contributed by atoms with Gasteiger partial charge in [-0.1, -0.05) is 6.07 Å². The first-order chi connectivity index (χ1) is 16.0. The van der Waals surface area contributed by atoms with Gasteiger partial charge in [0.25, 0.3) is 11.7 Å². The molecule has 1 aromatic heterocycles. The summed E-state index contributed by atoms with van der Waals surface area (Å²) in [5.41, 5.74) is 0.794. The fraction of sp³-hybridized carbons (Fsp3) is 0.375. The minimum absolute atomic E-state index is 0.0101. The molecule has 2 fully saturated rings. The van der Waals surface area contributed by atoms with Crippen molar-refractivity contribution in [2.75, 3.05) is 53.6 Å². The average molecular weight is 453 g/mol. The zero-order valence-corrected chi connectivity index (χ0v) is 18.7. The molecule has 0 saturated carbocycles. The molecule has 0 aliphatic carbocycles. The highest BCUT2D eigenvalue weighted by atomic mass is 16.5. The van der Waals surface area contributed by atoms with Gasteiger partial charge in [0.1, 0.15) is 23.3 Å². The quantitative estimate of drug-likeness (QED) is 0.385. The lowest BCUT2D eigenvalue weighted by atomic mass is 9.97. The topological polar surface area (TPSA) is 101 Å². The summed E-state index contributed by atoms with van der Waals surface area (Å²) in [6.07, 6.45) is 1.60. The molecule has 174 valence electrons. The maximum atomic E-state index is 13.2. The number of amides is 1. The Morgan fingerprint density at radius 3 is 2.58 bits per heavy atom. The SMILES string of the molecule is COc1ccc(C(O)=C2C(=O)C(=O)N(CCN3CCOCC3)[C@H]2c2ccccn2)c(OC)c1. The number of carbonyl (C=O) groups is 2. The number of aliphatic hydroxyl groups is 1. The van der Waals surface area contributed by atoms with E-state index in [4.69, 9.17) is 14.2 Å². The van der Waals surface area contributed by atoms with Crippen LogP contribution in [0.5, 0.6) is 11.5 Å². The van der Waals surface area contributed by atoms with E-state index in [1.165, 1.54) is 19.1 Å². The summed E-state index contributed by atoms with van der Waals surface area (Å²) < 4.78 is 16.0. The number of aliphatic hydroxyl groups excluding tert-OH is 1. The van der Waals surface area contributed by atoms with Crippen molar-refractivity contribution in [1.29, 1.82) is 0 Å². The van der Waals surface area contributed by atoms with Crippen LogP contribution in [-0.4, -0.2) is 85.2 Å². The van der Waals surface area contributed by atoms with Crippen molar-refractivity contribution in [3.05, 3.63) is 59.4 Å². The predicted octanol–water partition coefficient (Wildman–Crippen LogP) is 1.85. The number of pyridine rings is 1. The van der Waals surface area contributed by atoms with Crippen LogP contribution < -0.4 is 9.47 Å². The first-order valence-electron chi connectivity index (χ1n) is 10.8. The van der Waals surface area contributed by atoms with E-state index < -0.39 is 17.7 Å². The van der Waals surface area contributed by atoms with Crippen LogP contribution >= 0.6 is 0 Å². The van der Waals surface area contributed by atoms with Gasteiger partial charge in [-0.05, 0) is 24.3 Å². The molecule has 1 aromatic carbocycles. The highest BCUT2D eigenvalue weighted by molar-refractivity contribution is 6.46. The van der Waals surface area contributed by atoms with Gasteiger partial charge >= 0.3 is 0 Å². The van der Waals surface area contributed by atoms with Gasteiger partial charge in [-0.3, -0.25) is 19.5 Å². The van der Waals surface area contributed by atoms with Gasteiger partial charge < -0.3 is 24.2 Å². The maximum absolute atomic E-state index is 13.2. The van der Waals surface area contributed by atoms with Gasteiger partial charge in [-0.15, -0.1) is 0 Å². The van der Waals surface area contributed by atoms with E-state index in [0.29, 0.717) is 49.1 Å². The van der Waals surface area contributed by atoms with E-state index in [2.05, 4.69) is 9.88 Å². The number of morpholine rings is 1. The number of Topliss-reactive ketones (excluding diaryl/α,β-unsaturated/α-hetero) is 1. The van der Waals surface area contributed by atoms with Gasteiger partial charge in [0, 0.05) is 38.4 Å². The third kappa shape index (κ3) is 4.55. The smallest absolute Gasteiger partial charge is 0.295 e. The summed E-state index contributed by atoms with van der Waals surface area (Å²) in [6, 6.07) is 9.36. The van der Waals surface area contributed by atoms with Crippen molar-refractivity contribution < 1.29 is 28.9 Å². The molecule has 9 nitrogen and oxygen atoms in total. The van der Waals surface area contributed by atoms with Crippen LogP contribution in [0.25, 0.3) is 5.76 Å². The number of aromatic nitrogens is 1. The second-order valence-electron chi connectivity index (χ2n) is 7.77. The lowest BCUT2D eigenvalue weighted by Gasteiger charge is -2.30. The third-order valence-corrected chi connectivity index (χ3v) is 5.93. The van der Waals surface area contributed by atoms with Crippen LogP contribution in [-0.2, 0) is 14.3 Å². The second kappa shape index (κ2) is 10.0. The number of benzene rings is 1. The molecule has 1 N–H and O–H groups in total. The third-order valence-electron chi connectivity index (χ3n) is 5.93. The number of ether oxygens (including phenoxy) is 3. The average Bonchev–Trinajstić information content (AvgIpc) is 3.12. The second-order valence-corrected chi connectivity index (χ2v) is 7.77. The molecule has 2 aliphatic heterocycles. The minimum atomic E-state index is -0.806. The molecule has 33 heavy (non-hydrogen) atoms. The summed E-state index contributed by atoms with van der Waals surface area (Å²) in [4.78, 5) is 34.3. The van der Waals surface area contributed by atoms with Crippen LogP contribution in [0, 0.1) is 0 Å². The van der Waals surface area contributed by atoms with E-state index in [9.17, 15) is 14.7 Å². The lowest BCUT2D eigenvalue weighted by molar-refractivity contribution is -0.140. The number of rotatable bonds is 7. The molecule has 2 saturated heterocycles. The normalized spacial score (nSPS) is 20.8. The fourth-order valence-corrected chi connectivity index (χ4v) is 4.17. The van der Waals surface area contributed by atoms with Crippen molar-refractivity contribution in [1.82, 2.24) is 14.8 Å². The highest BCUT2D eigenvalue weighted by Gasteiger charge is 2.47. The van der Waals surface area contributed by atoms with Gasteiger partial charge in [0.15, 0.2) is 0 Å². The van der Waals surface area contributed by atoms with E-state index in [-0.39, 0.29) is 11.3 Å². The van der Waals surface area contributed by atoms with E-state index >= 15 is 0 Å². The number of methoxy groups -OCH3 is 2. The molecular formula is C24H27N3O6. The van der Waals surface area contributed by atoms with Crippen LogP contribution in [0.15, 0.2) is 48.2 Å². The number of likely N-dealkylation sites (tertiary alicyclic amines) is 1. The summed E-state index contributed by atoms with van der Waals surface area (Å²) in [5.74, 6) is -0.852. The Bertz CT molecular complexity index is 1050. The molecule has 2 aromatic rings. The fourth-order valence-electron chi connectivity index (χ4n) is 4.17. The Labute approximate surface area is 192 Å². The number of hydrogen-bond acceptors (Lipinski definition) is 8. The zero-order chi connectivity index (χ0) is 23.4. The zero-order valence-electron chi connectivity index (χ0n) is 18.7. The molecule has 0 spiro atoms. The molecule has 1 amide bonds. The molecule has 4 rings (SSSR count). The molecule has 0 bridgehead atoms. The maximum Gasteiger partial charge on any atom is 0.295 e. The van der Waals surface area contributed by atoms with Crippen LogP contribution in [0.3, 0.4) is 0 Å². The standard InChI is InChI=1S/C24H27N3O6/c1-31-16-6-7-17(19(15-16)32-2)22(28)20-21(18-5-3-4-8-25-18)27(24(30)23(20)29)10-9-26-11-13-33-14-12-26/h3-8,15,21,28H,9-14H2,1-2H3/t21-/m0/s1. The largest absolute Gasteiger partial charge is 0.507 e. The van der Waals surface area contributed by atoms with Crippen molar-refractivity contribution >= 4 is 17.4 Å². The Hall–Kier alpha value is -3.43. The lowest BCUT2D eigenvalue weighted by Crippen LogP contribution is -2.42. The summed E-state index contributed by atoms with van der Waals surface area (Å²) in [7, 11) is 2.98. The van der Waals surface area contributed by atoms with Crippen LogP contribution in [0.2, 0.25) is 0 Å². The van der Waals surface area contributed by atoms with Crippen LogP contribution in [0.1, 0.15) is 17.3 Å². The molecule has 1 atom stereocenters. The predicted molar refractivity (Wildman–Crippen MR) is 120 cm³/mol. The van der Waals surface area contributed by atoms with Crippen molar-refractivity contribution in [3.8, 4) is 11.5 Å². The van der Waals surface area contributed by atoms with Gasteiger partial charge in [0.05, 0.1) is 44.3 Å². The molecule has 9 heteroatoms. The Morgan fingerprint density at radius 2 is 1.91 bits per heavy atom. The van der Waals surface area contributed by atoms with Crippen molar-refractivity contribution in [3.63, 3.8) is 0 Å². The van der Waals surface area contributed by atoms with E-state index in [1.807, 2.05) is 0 Å². The first kappa shape index (κ1) is 22.8. The number of ketones is 1. The van der Waals surface area contributed by atoms with Crippen molar-refractivity contribution in [2.24, 2.45) is 0 Å². The molecular weight excluding hydrogens is 426 g/mol. The summed E-state index contributed by atoms with van der Waals surface area (Å²) >= 11 is 0. The Balaban J connectivity index is 1.75. The number of nitrogens with zero attached hydrogens (tertiary/aromatic N) is 3. The van der Waals surface area contributed by atoms with Gasteiger partial charge in [-0.25, -0.2) is 0 Å². The Morgan fingerprint density at radius 1 is 1.12 bits per heavy atom. The number of carbonyl (C=O) groups excluding carboxylic acids is 2. The highest BCUT2D eigenvalue weighted by Crippen LogP contribution is 2.40. The summed E-state index contributed by atoms with van der Waals surface area (Å²) in [6.45, 7) is 3.72. The minimum Gasteiger partial charge on any atom is -0.507 e. The van der Waals surface area contributed by atoms with Gasteiger partial charge in [0.2, 0.25) is 0 Å². The monoisotopic (exact) mass is 453 g/mol. The Kier molecular flexibility index (Phi) is 6.90. The van der Waals surface area contributed by atoms with Crippen molar-refractivity contribution in [2.45, 2.75) is 6.04 Å². The van der Waals surface area contributed by atoms with Gasteiger partial charge in [-0.2, -0.15) is 0 Å². The van der Waals surface area contributed by atoms with E-state index in [1.54, 1.807) is 42.6 Å². The molecule has 0 radical (unpaired) electrons. The summed E-state index contributed by atoms with van der Waals surface area (Å²) in [5, 5.41) is 11.3. The molecule has 0 unspecified atom stereocenters.